The number of ether oxygens (including phenoxy) is 2. The van der Waals surface area contributed by atoms with Gasteiger partial charge in [-0.05, 0) is 35.9 Å². The molecule has 2 rings (SSSR count). The lowest BCUT2D eigenvalue weighted by atomic mass is 10.2. The first-order valence-electron chi connectivity index (χ1n) is 5.84. The van der Waals surface area contributed by atoms with Crippen LogP contribution in [0.5, 0.6) is 11.5 Å². The molecule has 0 saturated heterocycles. The van der Waals surface area contributed by atoms with Gasteiger partial charge >= 0.3 is 0 Å². The standard InChI is InChI=1S/C15H15NO3/c1-18-13-7-5-11(6-8-13)10-19-14-4-2-3-12(9-14)15(16)17/h2-9H,10H2,1H3,(H2,16,17). The van der Waals surface area contributed by atoms with Crippen LogP contribution in [0.2, 0.25) is 0 Å². The minimum absolute atomic E-state index is 0.423. The van der Waals surface area contributed by atoms with E-state index in [1.165, 1.54) is 0 Å². The fourth-order valence-electron chi connectivity index (χ4n) is 1.63. The first-order valence-corrected chi connectivity index (χ1v) is 5.84. The van der Waals surface area contributed by atoms with E-state index in [4.69, 9.17) is 15.2 Å². The largest absolute Gasteiger partial charge is 0.497 e. The Morgan fingerprint density at radius 3 is 2.47 bits per heavy atom. The van der Waals surface area contributed by atoms with E-state index in [0.717, 1.165) is 11.3 Å². The first kappa shape index (κ1) is 13.0. The third-order valence-electron chi connectivity index (χ3n) is 2.68. The van der Waals surface area contributed by atoms with E-state index in [1.807, 2.05) is 24.3 Å². The molecule has 0 bridgehead atoms. The molecule has 0 fully saturated rings. The van der Waals surface area contributed by atoms with E-state index in [2.05, 4.69) is 0 Å². The van der Waals surface area contributed by atoms with Crippen LogP contribution in [-0.4, -0.2) is 13.0 Å². The van der Waals surface area contributed by atoms with Gasteiger partial charge in [-0.15, -0.1) is 0 Å². The summed E-state index contributed by atoms with van der Waals surface area (Å²) in [6.07, 6.45) is 0. The normalized spacial score (nSPS) is 9.95. The Kier molecular flexibility index (Phi) is 4.03. The van der Waals surface area contributed by atoms with Crippen LogP contribution >= 0.6 is 0 Å². The van der Waals surface area contributed by atoms with Gasteiger partial charge in [0.25, 0.3) is 0 Å². The Morgan fingerprint density at radius 1 is 1.11 bits per heavy atom. The van der Waals surface area contributed by atoms with Gasteiger partial charge in [-0.3, -0.25) is 4.79 Å². The van der Waals surface area contributed by atoms with Gasteiger partial charge in [0, 0.05) is 5.56 Å². The lowest BCUT2D eigenvalue weighted by Gasteiger charge is -2.07. The van der Waals surface area contributed by atoms with E-state index in [1.54, 1.807) is 31.4 Å². The second-order valence-electron chi connectivity index (χ2n) is 4.03. The summed E-state index contributed by atoms with van der Waals surface area (Å²) in [6.45, 7) is 0.423. The average molecular weight is 257 g/mol. The maximum atomic E-state index is 11.1. The summed E-state index contributed by atoms with van der Waals surface area (Å²) in [4.78, 5) is 11.1. The summed E-state index contributed by atoms with van der Waals surface area (Å²) < 4.78 is 10.7. The quantitative estimate of drug-likeness (QED) is 0.894. The highest BCUT2D eigenvalue weighted by Gasteiger charge is 2.02. The fraction of sp³-hybridized carbons (Fsp3) is 0.133. The molecule has 0 aromatic heterocycles. The molecular weight excluding hydrogens is 242 g/mol. The number of amides is 1. The third-order valence-corrected chi connectivity index (χ3v) is 2.68. The van der Waals surface area contributed by atoms with Gasteiger partial charge in [0.1, 0.15) is 18.1 Å². The number of hydrogen-bond acceptors (Lipinski definition) is 3. The van der Waals surface area contributed by atoms with Gasteiger partial charge in [0.2, 0.25) is 5.91 Å². The van der Waals surface area contributed by atoms with Crippen molar-refractivity contribution in [3.63, 3.8) is 0 Å². The molecule has 98 valence electrons. The number of nitrogens with two attached hydrogens (primary N) is 1. The van der Waals surface area contributed by atoms with Gasteiger partial charge in [-0.25, -0.2) is 0 Å². The minimum atomic E-state index is -0.463. The van der Waals surface area contributed by atoms with E-state index in [9.17, 15) is 4.79 Å². The molecule has 0 radical (unpaired) electrons. The molecular formula is C15H15NO3. The van der Waals surface area contributed by atoms with Crippen LogP contribution in [0.4, 0.5) is 0 Å². The van der Waals surface area contributed by atoms with Crippen molar-refractivity contribution in [2.45, 2.75) is 6.61 Å². The SMILES string of the molecule is COc1ccc(COc2cccc(C(N)=O)c2)cc1. The zero-order valence-electron chi connectivity index (χ0n) is 10.6. The Hall–Kier alpha value is -2.49. The van der Waals surface area contributed by atoms with E-state index in [-0.39, 0.29) is 0 Å². The molecule has 0 aliphatic carbocycles. The topological polar surface area (TPSA) is 61.6 Å². The maximum absolute atomic E-state index is 11.1. The van der Waals surface area contributed by atoms with Crippen LogP contribution in [0.3, 0.4) is 0 Å². The van der Waals surface area contributed by atoms with Crippen molar-refractivity contribution in [2.24, 2.45) is 5.73 Å². The second-order valence-corrected chi connectivity index (χ2v) is 4.03. The van der Waals surface area contributed by atoms with Gasteiger partial charge in [0.15, 0.2) is 0 Å². The monoisotopic (exact) mass is 257 g/mol. The summed E-state index contributed by atoms with van der Waals surface area (Å²) in [5, 5.41) is 0. The van der Waals surface area contributed by atoms with Crippen LogP contribution in [-0.2, 0) is 6.61 Å². The Labute approximate surface area is 111 Å². The molecule has 2 aromatic rings. The number of benzene rings is 2. The highest BCUT2D eigenvalue weighted by Crippen LogP contribution is 2.16. The van der Waals surface area contributed by atoms with Crippen LogP contribution < -0.4 is 15.2 Å². The van der Waals surface area contributed by atoms with Crippen molar-refractivity contribution in [1.82, 2.24) is 0 Å². The van der Waals surface area contributed by atoms with E-state index < -0.39 is 5.91 Å². The molecule has 4 heteroatoms. The van der Waals surface area contributed by atoms with Gasteiger partial charge < -0.3 is 15.2 Å². The molecule has 0 aliphatic rings. The summed E-state index contributed by atoms with van der Waals surface area (Å²) in [5.41, 5.74) is 6.67. The minimum Gasteiger partial charge on any atom is -0.497 e. The number of rotatable bonds is 5. The van der Waals surface area contributed by atoms with Crippen molar-refractivity contribution in [3.05, 3.63) is 59.7 Å². The number of carbonyl (C=O) groups is 1. The fourth-order valence-corrected chi connectivity index (χ4v) is 1.63. The summed E-state index contributed by atoms with van der Waals surface area (Å²) >= 11 is 0. The molecule has 4 nitrogen and oxygen atoms in total. The molecule has 0 aliphatic heterocycles. The lowest BCUT2D eigenvalue weighted by molar-refractivity contribution is 0.1000. The van der Waals surface area contributed by atoms with Crippen molar-refractivity contribution in [1.29, 1.82) is 0 Å². The zero-order chi connectivity index (χ0) is 13.7. The predicted molar refractivity (Wildman–Crippen MR) is 72.3 cm³/mol. The lowest BCUT2D eigenvalue weighted by Crippen LogP contribution is -2.10. The number of carbonyl (C=O) groups excluding carboxylic acids is 1. The Bertz CT molecular complexity index is 564. The van der Waals surface area contributed by atoms with Gasteiger partial charge in [-0.1, -0.05) is 18.2 Å². The van der Waals surface area contributed by atoms with E-state index in [0.29, 0.717) is 17.9 Å². The molecule has 0 unspecified atom stereocenters. The first-order chi connectivity index (χ1) is 9.19. The van der Waals surface area contributed by atoms with Crippen LogP contribution in [0.25, 0.3) is 0 Å². The number of primary amides is 1. The Balaban J connectivity index is 2.01. The van der Waals surface area contributed by atoms with Crippen LogP contribution in [0.1, 0.15) is 15.9 Å². The van der Waals surface area contributed by atoms with Gasteiger partial charge in [-0.2, -0.15) is 0 Å². The average Bonchev–Trinajstić information content (AvgIpc) is 2.46. The van der Waals surface area contributed by atoms with Crippen molar-refractivity contribution in [2.75, 3.05) is 7.11 Å². The second kappa shape index (κ2) is 5.91. The van der Waals surface area contributed by atoms with Crippen molar-refractivity contribution < 1.29 is 14.3 Å². The summed E-state index contributed by atoms with van der Waals surface area (Å²) in [7, 11) is 1.63. The molecule has 0 atom stereocenters. The molecule has 19 heavy (non-hydrogen) atoms. The number of hydrogen-bond donors (Lipinski definition) is 1. The highest BCUT2D eigenvalue weighted by atomic mass is 16.5. The molecule has 0 saturated carbocycles. The van der Waals surface area contributed by atoms with Gasteiger partial charge in [0.05, 0.1) is 7.11 Å². The third kappa shape index (κ3) is 3.48. The van der Waals surface area contributed by atoms with Crippen LogP contribution in [0, 0.1) is 0 Å². The predicted octanol–water partition coefficient (Wildman–Crippen LogP) is 2.37. The molecule has 1 amide bonds. The number of methoxy groups -OCH3 is 1. The molecule has 0 spiro atoms. The summed E-state index contributed by atoms with van der Waals surface area (Å²) in [6, 6.07) is 14.4. The molecule has 0 heterocycles. The van der Waals surface area contributed by atoms with Crippen LogP contribution in [0.15, 0.2) is 48.5 Å². The smallest absolute Gasteiger partial charge is 0.248 e. The molecule has 2 N–H and O–H groups in total. The highest BCUT2D eigenvalue weighted by molar-refractivity contribution is 5.93. The van der Waals surface area contributed by atoms with Crippen molar-refractivity contribution in [3.8, 4) is 11.5 Å². The van der Waals surface area contributed by atoms with E-state index >= 15 is 0 Å². The zero-order valence-corrected chi connectivity index (χ0v) is 10.6. The Morgan fingerprint density at radius 2 is 1.84 bits per heavy atom. The molecule has 2 aromatic carbocycles. The maximum Gasteiger partial charge on any atom is 0.248 e. The summed E-state index contributed by atoms with van der Waals surface area (Å²) in [5.74, 6) is 0.960. The van der Waals surface area contributed by atoms with Crippen molar-refractivity contribution >= 4 is 5.91 Å².